The molecule has 2 fully saturated rings. The van der Waals surface area contributed by atoms with E-state index < -0.39 is 17.9 Å². The Morgan fingerprint density at radius 2 is 1.87 bits per heavy atom. The van der Waals surface area contributed by atoms with Crippen molar-refractivity contribution in [2.75, 3.05) is 29.9 Å². The second-order valence-corrected chi connectivity index (χ2v) is 5.63. The molecule has 23 heavy (non-hydrogen) atoms. The minimum absolute atomic E-state index is 0.00674. The van der Waals surface area contributed by atoms with Crippen LogP contribution < -0.4 is 9.80 Å². The van der Waals surface area contributed by atoms with Gasteiger partial charge in [-0.1, -0.05) is 6.07 Å². The van der Waals surface area contributed by atoms with E-state index in [0.717, 1.165) is 4.90 Å². The quantitative estimate of drug-likeness (QED) is 0.820. The van der Waals surface area contributed by atoms with Crippen LogP contribution in [0.1, 0.15) is 6.42 Å². The van der Waals surface area contributed by atoms with E-state index in [-0.39, 0.29) is 31.3 Å². The van der Waals surface area contributed by atoms with E-state index in [4.69, 9.17) is 5.11 Å². The predicted molar refractivity (Wildman–Crippen MR) is 80.0 cm³/mol. The van der Waals surface area contributed by atoms with Crippen molar-refractivity contribution >= 4 is 35.2 Å². The highest BCUT2D eigenvalue weighted by Crippen LogP contribution is 2.30. The molecular weight excluding hydrogens is 302 g/mol. The van der Waals surface area contributed by atoms with Crippen LogP contribution in [0.25, 0.3) is 0 Å². The van der Waals surface area contributed by atoms with E-state index in [9.17, 15) is 19.2 Å². The number of urea groups is 1. The van der Waals surface area contributed by atoms with Gasteiger partial charge in [0, 0.05) is 25.7 Å². The molecule has 0 radical (unpaired) electrons. The van der Waals surface area contributed by atoms with Crippen molar-refractivity contribution in [3.05, 3.63) is 24.3 Å². The average molecular weight is 317 g/mol. The maximum atomic E-state index is 12.0. The summed E-state index contributed by atoms with van der Waals surface area (Å²) < 4.78 is 0. The van der Waals surface area contributed by atoms with E-state index in [1.54, 1.807) is 24.3 Å². The summed E-state index contributed by atoms with van der Waals surface area (Å²) in [6, 6.07) is 6.01. The molecule has 0 aromatic heterocycles. The molecule has 2 aliphatic rings. The van der Waals surface area contributed by atoms with Gasteiger partial charge in [0.2, 0.25) is 5.91 Å². The summed E-state index contributed by atoms with van der Waals surface area (Å²) in [7, 11) is 1.53. The number of carboxylic acid groups (broad SMARTS) is 1. The summed E-state index contributed by atoms with van der Waals surface area (Å²) in [4.78, 5) is 50.7. The van der Waals surface area contributed by atoms with Gasteiger partial charge in [0.15, 0.2) is 0 Å². The lowest BCUT2D eigenvalue weighted by Gasteiger charge is -2.19. The van der Waals surface area contributed by atoms with Crippen LogP contribution in [0.2, 0.25) is 0 Å². The van der Waals surface area contributed by atoms with Crippen LogP contribution >= 0.6 is 0 Å². The molecule has 8 nitrogen and oxygen atoms in total. The fourth-order valence-corrected chi connectivity index (χ4v) is 2.80. The summed E-state index contributed by atoms with van der Waals surface area (Å²) in [5.74, 6) is -2.38. The van der Waals surface area contributed by atoms with E-state index in [1.807, 2.05) is 0 Å². The number of amides is 4. The normalized spacial score (nSPS) is 21.5. The molecule has 1 atom stereocenters. The topological polar surface area (TPSA) is 98.2 Å². The molecule has 120 valence electrons. The summed E-state index contributed by atoms with van der Waals surface area (Å²) in [5.41, 5.74) is 0.847. The largest absolute Gasteiger partial charge is 0.481 e. The first-order chi connectivity index (χ1) is 10.9. The van der Waals surface area contributed by atoms with Crippen molar-refractivity contribution in [2.24, 2.45) is 5.92 Å². The van der Waals surface area contributed by atoms with Gasteiger partial charge in [-0.15, -0.1) is 0 Å². The Balaban J connectivity index is 1.89. The zero-order chi connectivity index (χ0) is 16.7. The maximum absolute atomic E-state index is 12.0. The fourth-order valence-electron chi connectivity index (χ4n) is 2.80. The lowest BCUT2D eigenvalue weighted by atomic mass is 10.1. The molecule has 0 bridgehead atoms. The first-order valence-corrected chi connectivity index (χ1v) is 7.10. The van der Waals surface area contributed by atoms with Crippen molar-refractivity contribution in [1.29, 1.82) is 0 Å². The first-order valence-electron chi connectivity index (χ1n) is 7.10. The second kappa shape index (κ2) is 5.38. The highest BCUT2D eigenvalue weighted by atomic mass is 16.4. The van der Waals surface area contributed by atoms with Crippen LogP contribution in [-0.4, -0.2) is 54.0 Å². The zero-order valence-corrected chi connectivity index (χ0v) is 12.4. The molecule has 1 N–H and O–H groups in total. The van der Waals surface area contributed by atoms with Gasteiger partial charge in [-0.3, -0.25) is 14.4 Å². The number of rotatable bonds is 3. The monoisotopic (exact) mass is 317 g/mol. The van der Waals surface area contributed by atoms with Crippen molar-refractivity contribution in [1.82, 2.24) is 4.90 Å². The molecule has 2 saturated heterocycles. The van der Waals surface area contributed by atoms with Crippen molar-refractivity contribution in [3.8, 4) is 0 Å². The Bertz CT molecular complexity index is 717. The molecule has 2 heterocycles. The number of hydrogen-bond acceptors (Lipinski definition) is 4. The highest BCUT2D eigenvalue weighted by molar-refractivity contribution is 6.20. The third-order valence-corrected chi connectivity index (χ3v) is 4.01. The average Bonchev–Trinajstić information content (AvgIpc) is 3.00. The second-order valence-electron chi connectivity index (χ2n) is 5.63. The van der Waals surface area contributed by atoms with Crippen LogP contribution in [0.3, 0.4) is 0 Å². The molecule has 4 amide bonds. The van der Waals surface area contributed by atoms with Crippen LogP contribution in [-0.2, 0) is 14.4 Å². The van der Waals surface area contributed by atoms with Crippen molar-refractivity contribution < 1.29 is 24.3 Å². The molecule has 1 aromatic rings. The third kappa shape index (κ3) is 2.52. The minimum Gasteiger partial charge on any atom is -0.481 e. The number of aliphatic carboxylic acids is 1. The number of carbonyl (C=O) groups is 4. The number of anilines is 2. The lowest BCUT2D eigenvalue weighted by Crippen LogP contribution is -2.32. The molecule has 0 unspecified atom stereocenters. The van der Waals surface area contributed by atoms with Crippen LogP contribution in [0, 0.1) is 5.92 Å². The maximum Gasteiger partial charge on any atom is 0.331 e. The number of hydrogen-bond donors (Lipinski definition) is 1. The Morgan fingerprint density at radius 1 is 1.17 bits per heavy atom. The van der Waals surface area contributed by atoms with E-state index in [1.165, 1.54) is 16.8 Å². The molecule has 0 aliphatic carbocycles. The number of likely N-dealkylation sites (N-methyl/N-ethyl adjacent to an activating group) is 1. The molecule has 0 saturated carbocycles. The first kappa shape index (κ1) is 15.0. The van der Waals surface area contributed by atoms with Gasteiger partial charge in [-0.2, -0.15) is 0 Å². The Morgan fingerprint density at radius 3 is 2.43 bits per heavy atom. The molecule has 8 heteroatoms. The summed E-state index contributed by atoms with van der Waals surface area (Å²) in [6.07, 6.45) is -0.0517. The number of carbonyl (C=O) groups excluding carboxylic acids is 3. The lowest BCUT2D eigenvalue weighted by molar-refractivity contribution is -0.141. The van der Waals surface area contributed by atoms with Crippen LogP contribution in [0.4, 0.5) is 16.2 Å². The van der Waals surface area contributed by atoms with E-state index >= 15 is 0 Å². The smallest absolute Gasteiger partial charge is 0.331 e. The number of carboxylic acids is 1. The number of imide groups is 1. The van der Waals surface area contributed by atoms with Gasteiger partial charge in [-0.25, -0.2) is 9.69 Å². The van der Waals surface area contributed by atoms with Gasteiger partial charge >= 0.3 is 12.0 Å². The SMILES string of the molecule is CN1CC(=O)N(c2cccc(N3C[C@@H](C(=O)O)CC3=O)c2)C1=O. The van der Waals surface area contributed by atoms with Crippen LogP contribution in [0.15, 0.2) is 24.3 Å². The number of benzene rings is 1. The van der Waals surface area contributed by atoms with E-state index in [0.29, 0.717) is 11.4 Å². The predicted octanol–water partition coefficient (Wildman–Crippen LogP) is 0.522. The fraction of sp³-hybridized carbons (Fsp3) is 0.333. The van der Waals surface area contributed by atoms with Crippen molar-refractivity contribution in [3.63, 3.8) is 0 Å². The van der Waals surface area contributed by atoms with Crippen LogP contribution in [0.5, 0.6) is 0 Å². The Kier molecular flexibility index (Phi) is 3.51. The summed E-state index contributed by atoms with van der Waals surface area (Å²) in [5, 5.41) is 9.04. The standard InChI is InChI=1S/C15H15N3O5/c1-16-8-13(20)18(15(16)23)11-4-2-3-10(6-11)17-7-9(14(21)22)5-12(17)19/h2-4,6,9H,5,7-8H2,1H3,(H,21,22)/t9-/m0/s1. The Hall–Kier alpha value is -2.90. The van der Waals surface area contributed by atoms with Gasteiger partial charge in [-0.05, 0) is 18.2 Å². The van der Waals surface area contributed by atoms with Gasteiger partial charge in [0.05, 0.1) is 11.6 Å². The Labute approximate surface area is 131 Å². The van der Waals surface area contributed by atoms with Crippen molar-refractivity contribution in [2.45, 2.75) is 6.42 Å². The molecule has 3 rings (SSSR count). The van der Waals surface area contributed by atoms with Gasteiger partial charge in [0.1, 0.15) is 6.54 Å². The summed E-state index contributed by atoms with van der Waals surface area (Å²) >= 11 is 0. The molecule has 2 aliphatic heterocycles. The molecule has 1 aromatic carbocycles. The number of nitrogens with zero attached hydrogens (tertiary/aromatic N) is 3. The molecule has 0 spiro atoms. The van der Waals surface area contributed by atoms with Gasteiger partial charge < -0.3 is 14.9 Å². The zero-order valence-electron chi connectivity index (χ0n) is 12.4. The summed E-state index contributed by atoms with van der Waals surface area (Å²) in [6.45, 7) is 0.0895. The van der Waals surface area contributed by atoms with Gasteiger partial charge in [0.25, 0.3) is 5.91 Å². The highest BCUT2D eigenvalue weighted by Gasteiger charge is 2.37. The third-order valence-electron chi connectivity index (χ3n) is 4.01. The minimum atomic E-state index is -1.01. The molecular formula is C15H15N3O5. The van der Waals surface area contributed by atoms with E-state index in [2.05, 4.69) is 0 Å².